The standard InChI is InChI=1S/C13H19NO5/c1-3-6-14(7-9(2)12(15)16)8-10-4-5-11(19-10)13(17)18/h4-5,9H,3,6-8H2,1-2H3,(H,15,16)(H,17,18). The van der Waals surface area contributed by atoms with Crippen LogP contribution in [0.4, 0.5) is 0 Å². The molecule has 1 unspecified atom stereocenters. The molecule has 1 aromatic rings. The summed E-state index contributed by atoms with van der Waals surface area (Å²) in [5.41, 5.74) is 0. The van der Waals surface area contributed by atoms with Gasteiger partial charge in [-0.3, -0.25) is 9.69 Å². The normalized spacial score (nSPS) is 12.6. The van der Waals surface area contributed by atoms with Gasteiger partial charge in [0, 0.05) is 6.54 Å². The Kier molecular flexibility index (Phi) is 5.57. The lowest BCUT2D eigenvalue weighted by molar-refractivity contribution is -0.141. The maximum absolute atomic E-state index is 10.9. The molecule has 6 heteroatoms. The summed E-state index contributed by atoms with van der Waals surface area (Å²) >= 11 is 0. The molecule has 1 aromatic heterocycles. The molecule has 0 amide bonds. The quantitative estimate of drug-likeness (QED) is 0.749. The third-order valence-corrected chi connectivity index (χ3v) is 2.75. The summed E-state index contributed by atoms with van der Waals surface area (Å²) in [6.07, 6.45) is 0.888. The highest BCUT2D eigenvalue weighted by atomic mass is 16.4. The van der Waals surface area contributed by atoms with Gasteiger partial charge in [0.1, 0.15) is 5.76 Å². The van der Waals surface area contributed by atoms with Crippen molar-refractivity contribution in [2.45, 2.75) is 26.8 Å². The molecule has 0 spiro atoms. The Hall–Kier alpha value is -1.82. The number of hydrogen-bond donors (Lipinski definition) is 2. The zero-order chi connectivity index (χ0) is 14.4. The number of aromatic carboxylic acids is 1. The van der Waals surface area contributed by atoms with E-state index in [-0.39, 0.29) is 5.76 Å². The molecule has 0 saturated heterocycles. The molecule has 1 atom stereocenters. The second-order valence-corrected chi connectivity index (χ2v) is 4.55. The number of nitrogens with zero attached hydrogens (tertiary/aromatic N) is 1. The molecule has 0 bridgehead atoms. The van der Waals surface area contributed by atoms with E-state index in [0.717, 1.165) is 13.0 Å². The van der Waals surface area contributed by atoms with Crippen LogP contribution in [0.2, 0.25) is 0 Å². The third kappa shape index (κ3) is 4.75. The average Bonchev–Trinajstić information content (AvgIpc) is 2.77. The van der Waals surface area contributed by atoms with Gasteiger partial charge in [0.25, 0.3) is 0 Å². The largest absolute Gasteiger partial charge is 0.481 e. The molecule has 2 N–H and O–H groups in total. The monoisotopic (exact) mass is 269 g/mol. The van der Waals surface area contributed by atoms with E-state index in [1.807, 2.05) is 11.8 Å². The lowest BCUT2D eigenvalue weighted by Crippen LogP contribution is -2.32. The van der Waals surface area contributed by atoms with Gasteiger partial charge >= 0.3 is 11.9 Å². The fraction of sp³-hybridized carbons (Fsp3) is 0.538. The van der Waals surface area contributed by atoms with Gasteiger partial charge in [-0.1, -0.05) is 13.8 Å². The molecule has 0 aliphatic carbocycles. The van der Waals surface area contributed by atoms with Crippen molar-refractivity contribution in [2.75, 3.05) is 13.1 Å². The second kappa shape index (κ2) is 6.94. The van der Waals surface area contributed by atoms with Crippen molar-refractivity contribution in [3.63, 3.8) is 0 Å². The maximum atomic E-state index is 10.9. The number of carbonyl (C=O) groups is 2. The molecule has 106 valence electrons. The van der Waals surface area contributed by atoms with Gasteiger partial charge in [0.15, 0.2) is 0 Å². The molecule has 0 aliphatic rings. The van der Waals surface area contributed by atoms with Crippen LogP contribution < -0.4 is 0 Å². The van der Waals surface area contributed by atoms with Crippen LogP contribution in [0, 0.1) is 5.92 Å². The lowest BCUT2D eigenvalue weighted by atomic mass is 10.1. The third-order valence-electron chi connectivity index (χ3n) is 2.75. The minimum atomic E-state index is -1.10. The highest BCUT2D eigenvalue weighted by Gasteiger charge is 2.17. The first-order valence-electron chi connectivity index (χ1n) is 6.21. The van der Waals surface area contributed by atoms with Gasteiger partial charge in [0.2, 0.25) is 5.76 Å². The summed E-state index contributed by atoms with van der Waals surface area (Å²) < 4.78 is 5.18. The van der Waals surface area contributed by atoms with Crippen molar-refractivity contribution in [1.82, 2.24) is 4.90 Å². The smallest absolute Gasteiger partial charge is 0.371 e. The molecule has 0 aromatic carbocycles. The summed E-state index contributed by atoms with van der Waals surface area (Å²) in [7, 11) is 0. The Morgan fingerprint density at radius 1 is 1.37 bits per heavy atom. The van der Waals surface area contributed by atoms with E-state index in [4.69, 9.17) is 14.6 Å². The first-order valence-corrected chi connectivity index (χ1v) is 6.21. The van der Waals surface area contributed by atoms with Gasteiger partial charge < -0.3 is 14.6 Å². The molecule has 6 nitrogen and oxygen atoms in total. The van der Waals surface area contributed by atoms with Crippen molar-refractivity contribution >= 4 is 11.9 Å². The number of hydrogen-bond acceptors (Lipinski definition) is 4. The fourth-order valence-corrected chi connectivity index (χ4v) is 1.81. The van der Waals surface area contributed by atoms with Crippen LogP contribution in [0.15, 0.2) is 16.5 Å². The Bertz CT molecular complexity index is 440. The fourth-order valence-electron chi connectivity index (χ4n) is 1.81. The van der Waals surface area contributed by atoms with E-state index in [0.29, 0.717) is 18.8 Å². The van der Waals surface area contributed by atoms with Gasteiger partial charge in [-0.15, -0.1) is 0 Å². The molecule has 0 aliphatic heterocycles. The zero-order valence-electron chi connectivity index (χ0n) is 11.1. The first-order chi connectivity index (χ1) is 8.93. The molecule has 0 fully saturated rings. The van der Waals surface area contributed by atoms with Crippen LogP contribution in [0.5, 0.6) is 0 Å². The van der Waals surface area contributed by atoms with Crippen LogP contribution in [0.25, 0.3) is 0 Å². The first kappa shape index (κ1) is 15.2. The Morgan fingerprint density at radius 3 is 2.53 bits per heavy atom. The van der Waals surface area contributed by atoms with Crippen LogP contribution >= 0.6 is 0 Å². The summed E-state index contributed by atoms with van der Waals surface area (Å²) in [5, 5.41) is 17.7. The van der Waals surface area contributed by atoms with Crippen LogP contribution in [0.1, 0.15) is 36.6 Å². The molecule has 0 saturated carbocycles. The molecule has 1 heterocycles. The van der Waals surface area contributed by atoms with Gasteiger partial charge in [-0.25, -0.2) is 4.79 Å². The number of carboxylic acid groups (broad SMARTS) is 2. The van der Waals surface area contributed by atoms with Gasteiger partial charge in [0.05, 0.1) is 12.5 Å². The SMILES string of the molecule is CCCN(Cc1ccc(C(=O)O)o1)CC(C)C(=O)O. The van der Waals surface area contributed by atoms with E-state index in [2.05, 4.69) is 0 Å². The van der Waals surface area contributed by atoms with Gasteiger partial charge in [-0.05, 0) is 25.1 Å². The average molecular weight is 269 g/mol. The van der Waals surface area contributed by atoms with Crippen molar-refractivity contribution in [2.24, 2.45) is 5.92 Å². The van der Waals surface area contributed by atoms with Crippen LogP contribution in [-0.4, -0.2) is 40.1 Å². The van der Waals surface area contributed by atoms with E-state index in [1.54, 1.807) is 13.0 Å². The summed E-state index contributed by atoms with van der Waals surface area (Å²) in [6.45, 7) is 5.21. The van der Waals surface area contributed by atoms with Crippen LogP contribution in [0.3, 0.4) is 0 Å². The summed E-state index contributed by atoms with van der Waals surface area (Å²) in [5.74, 6) is -1.99. The lowest BCUT2D eigenvalue weighted by Gasteiger charge is -2.22. The van der Waals surface area contributed by atoms with E-state index in [9.17, 15) is 9.59 Å². The van der Waals surface area contributed by atoms with E-state index < -0.39 is 17.9 Å². The number of furan rings is 1. The van der Waals surface area contributed by atoms with Crippen LogP contribution in [-0.2, 0) is 11.3 Å². The van der Waals surface area contributed by atoms with Crippen molar-refractivity contribution in [1.29, 1.82) is 0 Å². The molecule has 19 heavy (non-hydrogen) atoms. The Labute approximate surface area is 111 Å². The predicted octanol–water partition coefficient (Wildman–Crippen LogP) is 1.91. The maximum Gasteiger partial charge on any atom is 0.371 e. The highest BCUT2D eigenvalue weighted by Crippen LogP contribution is 2.12. The van der Waals surface area contributed by atoms with E-state index in [1.165, 1.54) is 6.07 Å². The molecular formula is C13H19NO5. The highest BCUT2D eigenvalue weighted by molar-refractivity contribution is 5.84. The number of rotatable bonds is 8. The predicted molar refractivity (Wildman–Crippen MR) is 68.0 cm³/mol. The molecule has 1 rings (SSSR count). The molecule has 0 radical (unpaired) electrons. The van der Waals surface area contributed by atoms with E-state index >= 15 is 0 Å². The number of carboxylic acids is 2. The van der Waals surface area contributed by atoms with Crippen molar-refractivity contribution < 1.29 is 24.2 Å². The Balaban J connectivity index is 2.66. The topological polar surface area (TPSA) is 91.0 Å². The summed E-state index contributed by atoms with van der Waals surface area (Å²) in [6, 6.07) is 3.01. The minimum absolute atomic E-state index is 0.0993. The summed E-state index contributed by atoms with van der Waals surface area (Å²) in [4.78, 5) is 23.5. The van der Waals surface area contributed by atoms with Crippen molar-refractivity contribution in [3.05, 3.63) is 23.7 Å². The second-order valence-electron chi connectivity index (χ2n) is 4.55. The number of aliphatic carboxylic acids is 1. The zero-order valence-corrected chi connectivity index (χ0v) is 11.1. The van der Waals surface area contributed by atoms with Gasteiger partial charge in [-0.2, -0.15) is 0 Å². The molecular weight excluding hydrogens is 250 g/mol. The minimum Gasteiger partial charge on any atom is -0.481 e. The Morgan fingerprint density at radius 2 is 2.05 bits per heavy atom. The van der Waals surface area contributed by atoms with Crippen molar-refractivity contribution in [3.8, 4) is 0 Å².